The number of benzene rings is 2. The number of carbonyl (C=O) groups excluding carboxylic acids is 1. The van der Waals surface area contributed by atoms with Gasteiger partial charge in [-0.05, 0) is 25.1 Å². The van der Waals surface area contributed by atoms with E-state index in [0.29, 0.717) is 37.6 Å². The summed E-state index contributed by atoms with van der Waals surface area (Å²) in [7, 11) is 0. The van der Waals surface area contributed by atoms with Gasteiger partial charge in [-0.15, -0.1) is 0 Å². The Balaban J connectivity index is 1.43. The molecular formula is C23H23FN4O2. The predicted molar refractivity (Wildman–Crippen MR) is 114 cm³/mol. The van der Waals surface area contributed by atoms with Crippen LogP contribution in [0.2, 0.25) is 0 Å². The first kappa shape index (κ1) is 19.8. The topological polar surface area (TPSA) is 58.4 Å². The summed E-state index contributed by atoms with van der Waals surface area (Å²) in [6.07, 6.45) is 0. The number of para-hydroxylation sites is 1. The maximum atomic E-state index is 14.0. The molecule has 0 saturated carbocycles. The highest BCUT2D eigenvalue weighted by Gasteiger charge is 2.23. The Morgan fingerprint density at radius 2 is 1.67 bits per heavy atom. The fraction of sp³-hybridized carbons (Fsp3) is 0.261. The Morgan fingerprint density at radius 3 is 2.37 bits per heavy atom. The summed E-state index contributed by atoms with van der Waals surface area (Å²) >= 11 is 0. The molecule has 154 valence electrons. The molecule has 2 heterocycles. The van der Waals surface area contributed by atoms with E-state index in [0.717, 1.165) is 11.1 Å². The molecule has 0 unspecified atom stereocenters. The molecule has 0 spiro atoms. The number of hydrogen-bond acceptors (Lipinski definition) is 4. The standard InChI is InChI=1S/C23H23FN4O2/c1-17-6-8-18(9-7-17)20-10-11-22(29)28(25-20)16-23(30)27-14-12-26(13-15-27)21-5-3-2-4-19(21)24/h2-11H,12-16H2,1H3. The summed E-state index contributed by atoms with van der Waals surface area (Å²) in [6, 6.07) is 17.6. The first-order valence-corrected chi connectivity index (χ1v) is 9.94. The van der Waals surface area contributed by atoms with E-state index in [-0.39, 0.29) is 23.8 Å². The molecule has 1 aromatic heterocycles. The zero-order valence-corrected chi connectivity index (χ0v) is 16.8. The number of amides is 1. The van der Waals surface area contributed by atoms with E-state index < -0.39 is 0 Å². The Bertz CT molecular complexity index is 1100. The van der Waals surface area contributed by atoms with Crippen LogP contribution in [-0.2, 0) is 11.3 Å². The van der Waals surface area contributed by atoms with Crippen LogP contribution < -0.4 is 10.5 Å². The van der Waals surface area contributed by atoms with Gasteiger partial charge in [0.05, 0.1) is 11.4 Å². The Labute approximate surface area is 174 Å². The third kappa shape index (κ3) is 4.25. The van der Waals surface area contributed by atoms with Crippen molar-refractivity contribution in [3.05, 3.63) is 82.4 Å². The van der Waals surface area contributed by atoms with E-state index in [1.54, 1.807) is 29.2 Å². The minimum Gasteiger partial charge on any atom is -0.366 e. The van der Waals surface area contributed by atoms with E-state index in [4.69, 9.17) is 0 Å². The fourth-order valence-electron chi connectivity index (χ4n) is 3.57. The van der Waals surface area contributed by atoms with Gasteiger partial charge in [0.15, 0.2) is 0 Å². The summed E-state index contributed by atoms with van der Waals surface area (Å²) in [6.45, 7) is 3.91. The van der Waals surface area contributed by atoms with Crippen molar-refractivity contribution in [3.8, 4) is 11.3 Å². The number of halogens is 1. The summed E-state index contributed by atoms with van der Waals surface area (Å²) in [5.41, 5.74) is 2.90. The van der Waals surface area contributed by atoms with Crippen LogP contribution in [0.5, 0.6) is 0 Å². The van der Waals surface area contributed by atoms with Crippen LogP contribution >= 0.6 is 0 Å². The van der Waals surface area contributed by atoms with Gasteiger partial charge >= 0.3 is 0 Å². The van der Waals surface area contributed by atoms with E-state index >= 15 is 0 Å². The van der Waals surface area contributed by atoms with Gasteiger partial charge in [-0.3, -0.25) is 9.59 Å². The summed E-state index contributed by atoms with van der Waals surface area (Å²) in [5, 5.41) is 4.38. The van der Waals surface area contributed by atoms with Gasteiger partial charge in [-0.1, -0.05) is 42.0 Å². The van der Waals surface area contributed by atoms with E-state index in [1.165, 1.54) is 16.8 Å². The molecule has 1 fully saturated rings. The molecule has 1 amide bonds. The fourth-order valence-corrected chi connectivity index (χ4v) is 3.57. The lowest BCUT2D eigenvalue weighted by Crippen LogP contribution is -2.50. The molecule has 7 heteroatoms. The number of hydrogen-bond donors (Lipinski definition) is 0. The number of piperazine rings is 1. The zero-order valence-electron chi connectivity index (χ0n) is 16.8. The maximum absolute atomic E-state index is 14.0. The van der Waals surface area contributed by atoms with Gasteiger partial charge in [0.1, 0.15) is 12.4 Å². The molecule has 2 aromatic carbocycles. The smallest absolute Gasteiger partial charge is 0.267 e. The Morgan fingerprint density at radius 1 is 0.967 bits per heavy atom. The normalized spacial score (nSPS) is 14.1. The monoisotopic (exact) mass is 406 g/mol. The van der Waals surface area contributed by atoms with Crippen LogP contribution in [0.25, 0.3) is 11.3 Å². The Hall–Kier alpha value is -3.48. The first-order valence-electron chi connectivity index (χ1n) is 9.94. The van der Waals surface area contributed by atoms with Crippen LogP contribution in [0, 0.1) is 12.7 Å². The van der Waals surface area contributed by atoms with Crippen LogP contribution in [0.1, 0.15) is 5.56 Å². The number of aromatic nitrogens is 2. The van der Waals surface area contributed by atoms with E-state index in [9.17, 15) is 14.0 Å². The minimum absolute atomic E-state index is 0.113. The lowest BCUT2D eigenvalue weighted by Gasteiger charge is -2.36. The van der Waals surface area contributed by atoms with Crippen molar-refractivity contribution in [2.75, 3.05) is 31.1 Å². The highest BCUT2D eigenvalue weighted by molar-refractivity contribution is 5.76. The van der Waals surface area contributed by atoms with Crippen LogP contribution in [-0.4, -0.2) is 46.8 Å². The Kier molecular flexibility index (Phi) is 5.61. The van der Waals surface area contributed by atoms with Crippen molar-refractivity contribution in [2.45, 2.75) is 13.5 Å². The molecule has 0 atom stereocenters. The lowest BCUT2D eigenvalue weighted by molar-refractivity contribution is -0.132. The molecule has 0 radical (unpaired) electrons. The summed E-state index contributed by atoms with van der Waals surface area (Å²) in [4.78, 5) is 28.6. The second-order valence-electron chi connectivity index (χ2n) is 7.40. The van der Waals surface area contributed by atoms with Crippen molar-refractivity contribution in [2.24, 2.45) is 0 Å². The zero-order chi connectivity index (χ0) is 21.1. The highest BCUT2D eigenvalue weighted by Crippen LogP contribution is 2.20. The van der Waals surface area contributed by atoms with Crippen molar-refractivity contribution < 1.29 is 9.18 Å². The van der Waals surface area contributed by atoms with Gasteiger partial charge in [0, 0.05) is 37.8 Å². The molecule has 1 aliphatic heterocycles. The van der Waals surface area contributed by atoms with Gasteiger partial charge in [-0.25, -0.2) is 9.07 Å². The van der Waals surface area contributed by atoms with Crippen molar-refractivity contribution in [1.82, 2.24) is 14.7 Å². The van der Waals surface area contributed by atoms with E-state index in [2.05, 4.69) is 5.10 Å². The molecule has 4 rings (SSSR count). The van der Waals surface area contributed by atoms with Gasteiger partial charge < -0.3 is 9.80 Å². The lowest BCUT2D eigenvalue weighted by atomic mass is 10.1. The SMILES string of the molecule is Cc1ccc(-c2ccc(=O)n(CC(=O)N3CCN(c4ccccc4F)CC3)n2)cc1. The minimum atomic E-state index is -0.316. The third-order valence-corrected chi connectivity index (χ3v) is 5.32. The number of nitrogens with zero attached hydrogens (tertiary/aromatic N) is 4. The largest absolute Gasteiger partial charge is 0.366 e. The van der Waals surface area contributed by atoms with Gasteiger partial charge in [0.2, 0.25) is 5.91 Å². The molecular weight excluding hydrogens is 383 g/mol. The third-order valence-electron chi connectivity index (χ3n) is 5.32. The van der Waals surface area contributed by atoms with Crippen LogP contribution in [0.4, 0.5) is 10.1 Å². The van der Waals surface area contributed by atoms with Crippen molar-refractivity contribution in [3.63, 3.8) is 0 Å². The summed E-state index contributed by atoms with van der Waals surface area (Å²) < 4.78 is 15.2. The van der Waals surface area contributed by atoms with Crippen LogP contribution in [0.15, 0.2) is 65.5 Å². The molecule has 3 aromatic rings. The average molecular weight is 406 g/mol. The second-order valence-corrected chi connectivity index (χ2v) is 7.40. The summed E-state index contributed by atoms with van der Waals surface area (Å²) in [5.74, 6) is -0.431. The number of anilines is 1. The molecule has 6 nitrogen and oxygen atoms in total. The maximum Gasteiger partial charge on any atom is 0.267 e. The average Bonchev–Trinajstić information content (AvgIpc) is 2.76. The first-order chi connectivity index (χ1) is 14.5. The molecule has 0 aliphatic carbocycles. The van der Waals surface area contributed by atoms with E-state index in [1.807, 2.05) is 36.1 Å². The van der Waals surface area contributed by atoms with Crippen molar-refractivity contribution in [1.29, 1.82) is 0 Å². The number of rotatable bonds is 4. The number of carbonyl (C=O) groups is 1. The molecule has 0 bridgehead atoms. The quantitative estimate of drug-likeness (QED) is 0.669. The molecule has 30 heavy (non-hydrogen) atoms. The highest BCUT2D eigenvalue weighted by atomic mass is 19.1. The van der Waals surface area contributed by atoms with Gasteiger partial charge in [0.25, 0.3) is 5.56 Å². The molecule has 0 N–H and O–H groups in total. The predicted octanol–water partition coefficient (Wildman–Crippen LogP) is 2.71. The second kappa shape index (κ2) is 8.49. The van der Waals surface area contributed by atoms with Gasteiger partial charge in [-0.2, -0.15) is 5.10 Å². The van der Waals surface area contributed by atoms with Crippen LogP contribution in [0.3, 0.4) is 0 Å². The van der Waals surface area contributed by atoms with Crippen molar-refractivity contribution >= 4 is 11.6 Å². The molecule has 1 saturated heterocycles. The molecule has 1 aliphatic rings. The number of aryl methyl sites for hydroxylation is 1.